The number of sulfonamides is 1. The number of benzene rings is 3. The Hall–Kier alpha value is -3.52. The molecule has 1 heterocycles. The molecule has 0 aliphatic carbocycles. The molecule has 0 bridgehead atoms. The molecule has 0 spiro atoms. The smallest absolute Gasteiger partial charge is 0.251 e. The van der Waals surface area contributed by atoms with Crippen molar-refractivity contribution in [2.45, 2.75) is 26.5 Å². The van der Waals surface area contributed by atoms with Gasteiger partial charge in [-0.2, -0.15) is 0 Å². The van der Waals surface area contributed by atoms with Gasteiger partial charge in [-0.15, -0.1) is 0 Å². The second-order valence-corrected chi connectivity index (χ2v) is 10.3. The highest BCUT2D eigenvalue weighted by Crippen LogP contribution is 2.31. The van der Waals surface area contributed by atoms with Crippen molar-refractivity contribution in [3.8, 4) is 11.5 Å². The predicted octanol–water partition coefficient (Wildman–Crippen LogP) is 3.84. The second-order valence-electron chi connectivity index (χ2n) is 8.41. The van der Waals surface area contributed by atoms with Gasteiger partial charge in [-0.05, 0) is 54.8 Å². The van der Waals surface area contributed by atoms with Crippen molar-refractivity contribution >= 4 is 21.6 Å². The summed E-state index contributed by atoms with van der Waals surface area (Å²) in [5.74, 6) is 1.13. The Morgan fingerprint density at radius 3 is 2.26 bits per heavy atom. The molecule has 3 aromatic rings. The number of ether oxygens (including phenoxy) is 2. The molecule has 0 saturated carbocycles. The third kappa shape index (κ3) is 5.34. The molecule has 178 valence electrons. The number of carbonyl (C=O) groups excluding carboxylic acids is 1. The second kappa shape index (κ2) is 9.77. The van der Waals surface area contributed by atoms with Gasteiger partial charge in [0.25, 0.3) is 5.91 Å². The number of para-hydroxylation sites is 3. The average Bonchev–Trinajstić information content (AvgIpc) is 2.81. The molecule has 1 aliphatic heterocycles. The van der Waals surface area contributed by atoms with Gasteiger partial charge in [-0.1, -0.05) is 42.5 Å². The first-order valence-electron chi connectivity index (χ1n) is 11.0. The van der Waals surface area contributed by atoms with E-state index in [0.29, 0.717) is 35.9 Å². The van der Waals surface area contributed by atoms with Crippen LogP contribution in [-0.4, -0.2) is 39.8 Å². The first-order chi connectivity index (χ1) is 16.2. The van der Waals surface area contributed by atoms with E-state index < -0.39 is 10.0 Å². The summed E-state index contributed by atoms with van der Waals surface area (Å²) in [6.45, 7) is 4.64. The molecule has 1 atom stereocenters. The lowest BCUT2D eigenvalue weighted by Crippen LogP contribution is -2.40. The van der Waals surface area contributed by atoms with E-state index in [1.54, 1.807) is 24.3 Å². The van der Waals surface area contributed by atoms with Gasteiger partial charge in [0.1, 0.15) is 12.7 Å². The molecule has 0 radical (unpaired) electrons. The SMILES string of the molecule is Cc1cccc(C)c1N(Cc1ccc(C(=O)NC[C@H]2COc3ccccc3O2)cc1)S(C)(=O)=O. The molecule has 4 rings (SSSR count). The van der Waals surface area contributed by atoms with Crippen molar-refractivity contribution in [1.82, 2.24) is 5.32 Å². The van der Waals surface area contributed by atoms with Gasteiger partial charge in [0, 0.05) is 5.56 Å². The number of hydrogen-bond acceptors (Lipinski definition) is 5. The van der Waals surface area contributed by atoms with Crippen molar-refractivity contribution in [2.24, 2.45) is 0 Å². The van der Waals surface area contributed by atoms with E-state index in [2.05, 4.69) is 5.32 Å². The summed E-state index contributed by atoms with van der Waals surface area (Å²) < 4.78 is 38.1. The number of nitrogens with zero attached hydrogens (tertiary/aromatic N) is 1. The third-order valence-electron chi connectivity index (χ3n) is 5.69. The average molecular weight is 481 g/mol. The summed E-state index contributed by atoms with van der Waals surface area (Å²) in [4.78, 5) is 12.6. The number of aryl methyl sites for hydroxylation is 2. The normalized spacial score (nSPS) is 15.0. The molecule has 0 fully saturated rings. The fraction of sp³-hybridized carbons (Fsp3) is 0.269. The van der Waals surface area contributed by atoms with E-state index in [-0.39, 0.29) is 18.6 Å². The van der Waals surface area contributed by atoms with Crippen LogP contribution in [0, 0.1) is 13.8 Å². The van der Waals surface area contributed by atoms with Crippen LogP contribution in [0.4, 0.5) is 5.69 Å². The number of carbonyl (C=O) groups is 1. The van der Waals surface area contributed by atoms with Gasteiger partial charge < -0.3 is 14.8 Å². The number of anilines is 1. The third-order valence-corrected chi connectivity index (χ3v) is 6.80. The molecule has 34 heavy (non-hydrogen) atoms. The maximum absolute atomic E-state index is 12.6. The van der Waals surface area contributed by atoms with Crippen molar-refractivity contribution in [1.29, 1.82) is 0 Å². The molecule has 1 aliphatic rings. The lowest BCUT2D eigenvalue weighted by Gasteiger charge is -2.26. The van der Waals surface area contributed by atoms with E-state index in [1.807, 2.05) is 56.3 Å². The molecule has 0 unspecified atom stereocenters. The van der Waals surface area contributed by atoms with E-state index in [0.717, 1.165) is 16.7 Å². The lowest BCUT2D eigenvalue weighted by atomic mass is 10.1. The highest BCUT2D eigenvalue weighted by molar-refractivity contribution is 7.92. The van der Waals surface area contributed by atoms with E-state index in [9.17, 15) is 13.2 Å². The molecule has 1 amide bonds. The van der Waals surface area contributed by atoms with Crippen molar-refractivity contribution in [3.63, 3.8) is 0 Å². The molecular weight excluding hydrogens is 452 g/mol. The van der Waals surface area contributed by atoms with Gasteiger partial charge in [0.2, 0.25) is 10.0 Å². The first kappa shape index (κ1) is 23.6. The minimum Gasteiger partial charge on any atom is -0.486 e. The number of rotatable bonds is 7. The van der Waals surface area contributed by atoms with Gasteiger partial charge in [0.05, 0.1) is 25.0 Å². The van der Waals surface area contributed by atoms with Crippen LogP contribution in [0.1, 0.15) is 27.0 Å². The van der Waals surface area contributed by atoms with Crippen LogP contribution in [0.5, 0.6) is 11.5 Å². The minimum absolute atomic E-state index is 0.180. The molecule has 0 saturated heterocycles. The summed E-state index contributed by atoms with van der Waals surface area (Å²) in [5.41, 5.74) is 3.73. The summed E-state index contributed by atoms with van der Waals surface area (Å²) in [6, 6.07) is 20.1. The van der Waals surface area contributed by atoms with E-state index in [4.69, 9.17) is 9.47 Å². The van der Waals surface area contributed by atoms with Crippen LogP contribution in [0.15, 0.2) is 66.7 Å². The largest absolute Gasteiger partial charge is 0.486 e. The molecule has 1 N–H and O–H groups in total. The number of nitrogens with one attached hydrogen (secondary N) is 1. The maximum Gasteiger partial charge on any atom is 0.251 e. The highest BCUT2D eigenvalue weighted by atomic mass is 32.2. The standard InChI is InChI=1S/C26H28N2O5S/c1-18-7-6-8-19(2)25(18)28(34(3,30)31)16-20-11-13-21(14-12-20)26(29)27-15-22-17-32-23-9-4-5-10-24(23)33-22/h4-14,22H,15-17H2,1-3H3,(H,27,29)/t22-/m0/s1. The number of amides is 1. The zero-order valence-corrected chi connectivity index (χ0v) is 20.3. The molecule has 8 heteroatoms. The topological polar surface area (TPSA) is 84.9 Å². The van der Waals surface area contributed by atoms with Crippen molar-refractivity contribution < 1.29 is 22.7 Å². The van der Waals surface area contributed by atoms with Crippen LogP contribution < -0.4 is 19.1 Å². The van der Waals surface area contributed by atoms with Crippen molar-refractivity contribution in [2.75, 3.05) is 23.7 Å². The Bertz CT molecular complexity index is 1270. The Morgan fingerprint density at radius 1 is 0.971 bits per heavy atom. The highest BCUT2D eigenvalue weighted by Gasteiger charge is 2.23. The molecular formula is C26H28N2O5S. The summed E-state index contributed by atoms with van der Waals surface area (Å²) in [5, 5.41) is 2.87. The fourth-order valence-electron chi connectivity index (χ4n) is 3.96. The fourth-order valence-corrected chi connectivity index (χ4v) is 4.96. The molecule has 7 nitrogen and oxygen atoms in total. The number of fused-ring (bicyclic) bond motifs is 1. The summed E-state index contributed by atoms with van der Waals surface area (Å²) >= 11 is 0. The lowest BCUT2D eigenvalue weighted by molar-refractivity contribution is 0.0789. The Balaban J connectivity index is 1.41. The van der Waals surface area contributed by atoms with Crippen LogP contribution in [0.3, 0.4) is 0 Å². The first-order valence-corrected chi connectivity index (χ1v) is 12.9. The Morgan fingerprint density at radius 2 is 1.62 bits per heavy atom. The monoisotopic (exact) mass is 480 g/mol. The zero-order valence-electron chi connectivity index (χ0n) is 19.4. The van der Waals surface area contributed by atoms with Gasteiger partial charge >= 0.3 is 0 Å². The summed E-state index contributed by atoms with van der Waals surface area (Å²) in [7, 11) is -3.50. The quantitative estimate of drug-likeness (QED) is 0.555. The zero-order chi connectivity index (χ0) is 24.3. The number of hydrogen-bond donors (Lipinski definition) is 1. The van der Waals surface area contributed by atoms with E-state index >= 15 is 0 Å². The van der Waals surface area contributed by atoms with Gasteiger partial charge in [-0.25, -0.2) is 8.42 Å². The van der Waals surface area contributed by atoms with Gasteiger partial charge in [-0.3, -0.25) is 9.10 Å². The molecule has 0 aromatic heterocycles. The van der Waals surface area contributed by atoms with Gasteiger partial charge in [0.15, 0.2) is 11.5 Å². The van der Waals surface area contributed by atoms with E-state index in [1.165, 1.54) is 10.6 Å². The Labute approximate surface area is 200 Å². The van der Waals surface area contributed by atoms with Crippen LogP contribution in [-0.2, 0) is 16.6 Å². The van der Waals surface area contributed by atoms with Crippen LogP contribution >= 0.6 is 0 Å². The van der Waals surface area contributed by atoms with Crippen LogP contribution in [0.2, 0.25) is 0 Å². The predicted molar refractivity (Wildman–Crippen MR) is 132 cm³/mol. The maximum atomic E-state index is 12.6. The Kier molecular flexibility index (Phi) is 6.79. The summed E-state index contributed by atoms with van der Waals surface area (Å²) in [6.07, 6.45) is 0.926. The van der Waals surface area contributed by atoms with Crippen molar-refractivity contribution in [3.05, 3.63) is 89.0 Å². The minimum atomic E-state index is -3.50. The molecule has 3 aromatic carbocycles. The van der Waals surface area contributed by atoms with Crippen LogP contribution in [0.25, 0.3) is 0 Å².